The standard InChI is InChI=1S/C14H26N2O3S/c1-6-7-11-16(10(8-20-11)12(17)18)13(19)15-9(2)14(3,4)5/h9-11H,6-8H2,1-5H3,(H,15,19)(H,17,18). The zero-order valence-electron chi connectivity index (χ0n) is 13.0. The van der Waals surface area contributed by atoms with Crippen LogP contribution >= 0.6 is 11.8 Å². The van der Waals surface area contributed by atoms with Gasteiger partial charge >= 0.3 is 12.0 Å². The normalized spacial score (nSPS) is 24.6. The molecule has 0 saturated carbocycles. The van der Waals surface area contributed by atoms with E-state index in [9.17, 15) is 14.7 Å². The van der Waals surface area contributed by atoms with E-state index in [0.717, 1.165) is 12.8 Å². The molecular formula is C14H26N2O3S. The molecule has 116 valence electrons. The number of carbonyl (C=O) groups is 2. The number of rotatable bonds is 4. The molecule has 0 aromatic heterocycles. The van der Waals surface area contributed by atoms with Crippen molar-refractivity contribution >= 4 is 23.8 Å². The Balaban J connectivity index is 2.81. The number of nitrogens with one attached hydrogen (secondary N) is 1. The highest BCUT2D eigenvalue weighted by atomic mass is 32.2. The first kappa shape index (κ1) is 17.1. The lowest BCUT2D eigenvalue weighted by Gasteiger charge is -2.33. The number of hydrogen-bond acceptors (Lipinski definition) is 3. The largest absolute Gasteiger partial charge is 0.480 e. The molecule has 1 heterocycles. The molecule has 2 amide bonds. The molecule has 0 aromatic carbocycles. The second kappa shape index (κ2) is 6.70. The summed E-state index contributed by atoms with van der Waals surface area (Å²) in [6.45, 7) is 10.1. The Morgan fingerprint density at radius 2 is 2.05 bits per heavy atom. The van der Waals surface area contributed by atoms with Crippen LogP contribution in [0, 0.1) is 5.41 Å². The first-order valence-corrected chi connectivity index (χ1v) is 8.16. The third-order valence-electron chi connectivity index (χ3n) is 3.79. The fourth-order valence-corrected chi connectivity index (χ4v) is 3.48. The van der Waals surface area contributed by atoms with Gasteiger partial charge in [-0.05, 0) is 18.8 Å². The number of nitrogens with zero attached hydrogens (tertiary/aromatic N) is 1. The summed E-state index contributed by atoms with van der Waals surface area (Å²) < 4.78 is 0. The molecule has 1 fully saturated rings. The van der Waals surface area contributed by atoms with E-state index in [4.69, 9.17) is 0 Å². The van der Waals surface area contributed by atoms with Crippen molar-refractivity contribution in [1.82, 2.24) is 10.2 Å². The molecule has 1 saturated heterocycles. The Morgan fingerprint density at radius 1 is 1.45 bits per heavy atom. The van der Waals surface area contributed by atoms with E-state index in [1.807, 2.05) is 13.8 Å². The predicted molar refractivity (Wildman–Crippen MR) is 81.9 cm³/mol. The quantitative estimate of drug-likeness (QED) is 0.838. The van der Waals surface area contributed by atoms with Crippen molar-refractivity contribution in [1.29, 1.82) is 0 Å². The number of thioether (sulfide) groups is 1. The van der Waals surface area contributed by atoms with Gasteiger partial charge in [0.25, 0.3) is 0 Å². The van der Waals surface area contributed by atoms with E-state index >= 15 is 0 Å². The molecule has 5 nitrogen and oxygen atoms in total. The zero-order chi connectivity index (χ0) is 15.5. The van der Waals surface area contributed by atoms with Crippen molar-refractivity contribution < 1.29 is 14.7 Å². The average molecular weight is 302 g/mol. The van der Waals surface area contributed by atoms with E-state index in [1.54, 1.807) is 11.8 Å². The molecular weight excluding hydrogens is 276 g/mol. The second-order valence-corrected chi connectivity index (χ2v) is 7.59. The third kappa shape index (κ3) is 4.04. The summed E-state index contributed by atoms with van der Waals surface area (Å²) in [5.41, 5.74) is -0.0541. The highest BCUT2D eigenvalue weighted by Gasteiger charge is 2.41. The Hall–Kier alpha value is -0.910. The summed E-state index contributed by atoms with van der Waals surface area (Å²) in [6.07, 6.45) is 1.76. The maximum atomic E-state index is 12.4. The molecule has 0 aromatic rings. The van der Waals surface area contributed by atoms with Crippen molar-refractivity contribution in [3.8, 4) is 0 Å². The number of carboxylic acid groups (broad SMARTS) is 1. The average Bonchev–Trinajstić information content (AvgIpc) is 2.72. The molecule has 1 aliphatic heterocycles. The zero-order valence-corrected chi connectivity index (χ0v) is 13.8. The SMILES string of the molecule is CCCC1SCC(C(=O)O)N1C(=O)NC(C)C(C)(C)C. The van der Waals surface area contributed by atoms with Crippen LogP contribution in [0.4, 0.5) is 4.79 Å². The van der Waals surface area contributed by atoms with E-state index in [0.29, 0.717) is 5.75 Å². The Bertz CT molecular complexity index is 368. The third-order valence-corrected chi connectivity index (χ3v) is 5.14. The van der Waals surface area contributed by atoms with E-state index in [-0.39, 0.29) is 22.9 Å². The van der Waals surface area contributed by atoms with Crippen molar-refractivity contribution in [2.75, 3.05) is 5.75 Å². The fourth-order valence-electron chi connectivity index (χ4n) is 1.97. The molecule has 20 heavy (non-hydrogen) atoms. The summed E-state index contributed by atoms with van der Waals surface area (Å²) >= 11 is 1.56. The lowest BCUT2D eigenvalue weighted by Crippen LogP contribution is -2.54. The van der Waals surface area contributed by atoms with Crippen molar-refractivity contribution in [2.24, 2.45) is 5.41 Å². The van der Waals surface area contributed by atoms with Gasteiger partial charge < -0.3 is 10.4 Å². The van der Waals surface area contributed by atoms with Crippen LogP contribution in [0.25, 0.3) is 0 Å². The summed E-state index contributed by atoms with van der Waals surface area (Å²) in [5, 5.41) is 12.2. The monoisotopic (exact) mass is 302 g/mol. The number of amides is 2. The van der Waals surface area contributed by atoms with Gasteiger partial charge in [0.15, 0.2) is 0 Å². The van der Waals surface area contributed by atoms with Gasteiger partial charge in [0, 0.05) is 11.8 Å². The fraction of sp³-hybridized carbons (Fsp3) is 0.857. The molecule has 3 unspecified atom stereocenters. The molecule has 1 rings (SSSR count). The topological polar surface area (TPSA) is 69.6 Å². The molecule has 3 atom stereocenters. The number of hydrogen-bond donors (Lipinski definition) is 2. The summed E-state index contributed by atoms with van der Waals surface area (Å²) in [4.78, 5) is 25.3. The summed E-state index contributed by atoms with van der Waals surface area (Å²) in [6, 6.07) is -0.996. The minimum atomic E-state index is -0.922. The van der Waals surface area contributed by atoms with Crippen molar-refractivity contribution in [2.45, 2.75) is 64.9 Å². The second-order valence-electron chi connectivity index (χ2n) is 6.38. The number of urea groups is 1. The Kier molecular flexibility index (Phi) is 5.74. The minimum Gasteiger partial charge on any atom is -0.480 e. The molecule has 6 heteroatoms. The highest BCUT2D eigenvalue weighted by molar-refractivity contribution is 8.00. The van der Waals surface area contributed by atoms with Gasteiger partial charge in [-0.15, -0.1) is 11.8 Å². The molecule has 2 N–H and O–H groups in total. The minimum absolute atomic E-state index is 0.0164. The molecule has 0 radical (unpaired) electrons. The van der Waals surface area contributed by atoms with Crippen LogP contribution in [-0.2, 0) is 4.79 Å². The van der Waals surface area contributed by atoms with Gasteiger partial charge in [-0.3, -0.25) is 4.90 Å². The van der Waals surface area contributed by atoms with Gasteiger partial charge in [-0.2, -0.15) is 0 Å². The summed E-state index contributed by atoms with van der Waals surface area (Å²) in [7, 11) is 0. The Morgan fingerprint density at radius 3 is 2.50 bits per heavy atom. The van der Waals surface area contributed by atoms with Crippen LogP contribution in [0.2, 0.25) is 0 Å². The lowest BCUT2D eigenvalue weighted by molar-refractivity contribution is -0.141. The van der Waals surface area contributed by atoms with E-state index in [2.05, 4.69) is 26.1 Å². The Labute approximate surface area is 125 Å². The van der Waals surface area contributed by atoms with Crippen LogP contribution < -0.4 is 5.32 Å². The maximum Gasteiger partial charge on any atom is 0.327 e. The lowest BCUT2D eigenvalue weighted by atomic mass is 9.88. The molecule has 1 aliphatic rings. The molecule has 0 aliphatic carbocycles. The van der Waals surface area contributed by atoms with E-state index in [1.165, 1.54) is 4.90 Å². The van der Waals surface area contributed by atoms with Crippen LogP contribution in [0.5, 0.6) is 0 Å². The maximum absolute atomic E-state index is 12.4. The van der Waals surface area contributed by atoms with Crippen LogP contribution in [0.3, 0.4) is 0 Å². The summed E-state index contributed by atoms with van der Waals surface area (Å²) in [5.74, 6) is -0.452. The van der Waals surface area contributed by atoms with Gasteiger partial charge in [-0.1, -0.05) is 34.1 Å². The number of carboxylic acids is 1. The number of carbonyl (C=O) groups excluding carboxylic acids is 1. The molecule has 0 bridgehead atoms. The van der Waals surface area contributed by atoms with Gasteiger partial charge in [-0.25, -0.2) is 9.59 Å². The van der Waals surface area contributed by atoms with Crippen LogP contribution in [-0.4, -0.2) is 45.2 Å². The van der Waals surface area contributed by atoms with Crippen LogP contribution in [0.15, 0.2) is 0 Å². The van der Waals surface area contributed by atoms with Crippen LogP contribution in [0.1, 0.15) is 47.5 Å². The molecule has 0 spiro atoms. The first-order chi connectivity index (χ1) is 9.18. The first-order valence-electron chi connectivity index (χ1n) is 7.11. The highest BCUT2D eigenvalue weighted by Crippen LogP contribution is 2.32. The van der Waals surface area contributed by atoms with Crippen molar-refractivity contribution in [3.63, 3.8) is 0 Å². The van der Waals surface area contributed by atoms with Gasteiger partial charge in [0.1, 0.15) is 6.04 Å². The number of aliphatic carboxylic acids is 1. The predicted octanol–water partition coefficient (Wildman–Crippen LogP) is 2.76. The van der Waals surface area contributed by atoms with E-state index < -0.39 is 12.0 Å². The van der Waals surface area contributed by atoms with Crippen molar-refractivity contribution in [3.05, 3.63) is 0 Å². The smallest absolute Gasteiger partial charge is 0.327 e. The van der Waals surface area contributed by atoms with Gasteiger partial charge in [0.2, 0.25) is 0 Å². The van der Waals surface area contributed by atoms with Gasteiger partial charge in [0.05, 0.1) is 5.37 Å².